The minimum Gasteiger partial charge on any atom is -0.461 e. The van der Waals surface area contributed by atoms with E-state index in [1.807, 2.05) is 38.1 Å². The Morgan fingerprint density at radius 1 is 1.15 bits per heavy atom. The average molecular weight is 173 g/mol. The first-order valence-corrected chi connectivity index (χ1v) is 4.25. The topological polar surface area (TPSA) is 26.0 Å². The van der Waals surface area contributed by atoms with Crippen molar-refractivity contribution in [1.82, 2.24) is 4.98 Å². The predicted molar refractivity (Wildman–Crippen MR) is 51.4 cm³/mol. The van der Waals surface area contributed by atoms with Crippen LogP contribution in [0.2, 0.25) is 0 Å². The summed E-state index contributed by atoms with van der Waals surface area (Å²) in [5, 5.41) is 0. The van der Waals surface area contributed by atoms with E-state index >= 15 is 0 Å². The summed E-state index contributed by atoms with van der Waals surface area (Å²) in [4.78, 5) is 4.13. The second kappa shape index (κ2) is 3.05. The van der Waals surface area contributed by atoms with Crippen molar-refractivity contribution < 1.29 is 4.42 Å². The lowest BCUT2D eigenvalue weighted by molar-refractivity contribution is 0.548. The van der Waals surface area contributed by atoms with Crippen LogP contribution in [0.4, 0.5) is 0 Å². The van der Waals surface area contributed by atoms with Crippen molar-refractivity contribution in [1.29, 1.82) is 0 Å². The van der Waals surface area contributed by atoms with Crippen LogP contribution in [0, 0.1) is 13.8 Å². The summed E-state index contributed by atoms with van der Waals surface area (Å²) in [5.74, 6) is 1.84. The van der Waals surface area contributed by atoms with Crippen LogP contribution in [0.3, 0.4) is 0 Å². The van der Waals surface area contributed by atoms with Crippen LogP contribution in [0.1, 0.15) is 11.5 Å². The Labute approximate surface area is 77.2 Å². The molecule has 0 bridgehead atoms. The third-order valence-electron chi connectivity index (χ3n) is 1.92. The maximum absolute atomic E-state index is 5.50. The molecule has 0 atom stereocenters. The van der Waals surface area contributed by atoms with Crippen molar-refractivity contribution in [3.05, 3.63) is 41.9 Å². The zero-order valence-corrected chi connectivity index (χ0v) is 7.74. The van der Waals surface area contributed by atoms with Gasteiger partial charge in [0.25, 0.3) is 0 Å². The highest BCUT2D eigenvalue weighted by molar-refractivity contribution is 5.57. The van der Waals surface area contributed by atoms with Crippen molar-refractivity contribution in [3.8, 4) is 11.3 Å². The molecule has 0 aliphatic heterocycles. The molecule has 13 heavy (non-hydrogen) atoms. The summed E-state index contributed by atoms with van der Waals surface area (Å²) < 4.78 is 5.50. The summed E-state index contributed by atoms with van der Waals surface area (Å²) in [5.41, 5.74) is 2.09. The molecule has 0 saturated carbocycles. The molecule has 0 amide bonds. The third kappa shape index (κ3) is 1.61. The van der Waals surface area contributed by atoms with Gasteiger partial charge in [-0.25, -0.2) is 0 Å². The lowest BCUT2D eigenvalue weighted by Crippen LogP contribution is -1.80. The van der Waals surface area contributed by atoms with Gasteiger partial charge in [-0.2, -0.15) is 0 Å². The molecule has 0 aliphatic rings. The van der Waals surface area contributed by atoms with Crippen LogP contribution in [0.25, 0.3) is 11.3 Å². The minimum atomic E-state index is 0.906. The molecule has 2 aromatic rings. The van der Waals surface area contributed by atoms with E-state index in [2.05, 4.69) is 4.98 Å². The number of nitrogens with zero attached hydrogens (tertiary/aromatic N) is 1. The monoisotopic (exact) mass is 173 g/mol. The highest BCUT2D eigenvalue weighted by Gasteiger charge is 2.01. The van der Waals surface area contributed by atoms with Crippen LogP contribution >= 0.6 is 0 Å². The minimum absolute atomic E-state index is 0.906. The zero-order valence-electron chi connectivity index (χ0n) is 7.74. The van der Waals surface area contributed by atoms with Crippen molar-refractivity contribution in [2.75, 3.05) is 0 Å². The molecule has 0 aromatic carbocycles. The van der Waals surface area contributed by atoms with E-state index in [9.17, 15) is 0 Å². The Morgan fingerprint density at radius 3 is 2.62 bits per heavy atom. The molecule has 0 radical (unpaired) electrons. The second-order valence-corrected chi connectivity index (χ2v) is 3.10. The van der Waals surface area contributed by atoms with Gasteiger partial charge in [0.15, 0.2) is 0 Å². The molecule has 0 fully saturated rings. The molecule has 0 N–H and O–H groups in total. The summed E-state index contributed by atoms with van der Waals surface area (Å²) >= 11 is 0. The molecular weight excluding hydrogens is 162 g/mol. The Kier molecular flexibility index (Phi) is 1.89. The first-order chi connectivity index (χ1) is 6.25. The number of aryl methyl sites for hydroxylation is 2. The molecule has 2 aromatic heterocycles. The van der Waals surface area contributed by atoms with E-state index in [0.29, 0.717) is 0 Å². The fraction of sp³-hybridized carbons (Fsp3) is 0.182. The van der Waals surface area contributed by atoms with Gasteiger partial charge >= 0.3 is 0 Å². The van der Waals surface area contributed by atoms with E-state index in [-0.39, 0.29) is 0 Å². The lowest BCUT2D eigenvalue weighted by Gasteiger charge is -1.96. The number of furan rings is 1. The summed E-state index contributed by atoms with van der Waals surface area (Å²) in [6.07, 6.45) is 1.79. The largest absolute Gasteiger partial charge is 0.461 e. The lowest BCUT2D eigenvalue weighted by atomic mass is 10.2. The van der Waals surface area contributed by atoms with Gasteiger partial charge in [0, 0.05) is 17.5 Å². The maximum Gasteiger partial charge on any atom is 0.134 e. The Morgan fingerprint density at radius 2 is 2.00 bits per heavy atom. The molecule has 2 heteroatoms. The molecule has 0 unspecified atom stereocenters. The number of pyridine rings is 1. The fourth-order valence-electron chi connectivity index (χ4n) is 1.29. The van der Waals surface area contributed by atoms with Crippen LogP contribution in [0.5, 0.6) is 0 Å². The summed E-state index contributed by atoms with van der Waals surface area (Å²) in [6.45, 7) is 3.91. The van der Waals surface area contributed by atoms with Crippen LogP contribution < -0.4 is 0 Å². The highest BCUT2D eigenvalue weighted by Crippen LogP contribution is 2.21. The summed E-state index contributed by atoms with van der Waals surface area (Å²) in [6, 6.07) is 7.90. The fourth-order valence-corrected chi connectivity index (χ4v) is 1.29. The maximum atomic E-state index is 5.50. The van der Waals surface area contributed by atoms with Gasteiger partial charge in [0.1, 0.15) is 11.5 Å². The SMILES string of the molecule is Cc1cc(-c2ccc(C)o2)ccn1. The van der Waals surface area contributed by atoms with E-state index in [4.69, 9.17) is 4.42 Å². The second-order valence-electron chi connectivity index (χ2n) is 3.10. The van der Waals surface area contributed by atoms with Gasteiger partial charge in [-0.05, 0) is 38.1 Å². The molecule has 66 valence electrons. The third-order valence-corrected chi connectivity index (χ3v) is 1.92. The number of aromatic nitrogens is 1. The van der Waals surface area contributed by atoms with E-state index in [1.165, 1.54) is 0 Å². The first kappa shape index (κ1) is 8.05. The van der Waals surface area contributed by atoms with Crippen molar-refractivity contribution in [2.24, 2.45) is 0 Å². The Bertz CT molecular complexity index is 418. The molecule has 2 heterocycles. The average Bonchev–Trinajstić information content (AvgIpc) is 2.52. The smallest absolute Gasteiger partial charge is 0.134 e. The van der Waals surface area contributed by atoms with Gasteiger partial charge in [-0.15, -0.1) is 0 Å². The predicted octanol–water partition coefficient (Wildman–Crippen LogP) is 2.96. The first-order valence-electron chi connectivity index (χ1n) is 4.25. The van der Waals surface area contributed by atoms with E-state index < -0.39 is 0 Å². The number of hydrogen-bond acceptors (Lipinski definition) is 2. The molecule has 0 spiro atoms. The molecule has 0 saturated heterocycles. The van der Waals surface area contributed by atoms with Gasteiger partial charge in [0.2, 0.25) is 0 Å². The van der Waals surface area contributed by atoms with Crippen LogP contribution in [-0.2, 0) is 0 Å². The van der Waals surface area contributed by atoms with Crippen LogP contribution in [-0.4, -0.2) is 4.98 Å². The van der Waals surface area contributed by atoms with Crippen molar-refractivity contribution in [3.63, 3.8) is 0 Å². The van der Waals surface area contributed by atoms with E-state index in [1.54, 1.807) is 6.20 Å². The highest BCUT2D eigenvalue weighted by atomic mass is 16.3. The van der Waals surface area contributed by atoms with Gasteiger partial charge in [-0.1, -0.05) is 0 Å². The van der Waals surface area contributed by atoms with Gasteiger partial charge in [-0.3, -0.25) is 4.98 Å². The zero-order chi connectivity index (χ0) is 9.26. The van der Waals surface area contributed by atoms with Crippen molar-refractivity contribution in [2.45, 2.75) is 13.8 Å². The Hall–Kier alpha value is -1.57. The molecule has 0 aliphatic carbocycles. The number of rotatable bonds is 1. The standard InChI is InChI=1S/C11H11NO/c1-8-7-10(5-6-12-8)11-4-3-9(2)13-11/h3-7H,1-2H3. The van der Waals surface area contributed by atoms with Gasteiger partial charge < -0.3 is 4.42 Å². The normalized spacial score (nSPS) is 10.3. The van der Waals surface area contributed by atoms with Crippen LogP contribution in [0.15, 0.2) is 34.9 Å². The van der Waals surface area contributed by atoms with E-state index in [0.717, 1.165) is 22.8 Å². The Balaban J connectivity index is 2.46. The molecule has 2 rings (SSSR count). The molecule has 2 nitrogen and oxygen atoms in total. The molecular formula is C11H11NO. The van der Waals surface area contributed by atoms with Crippen molar-refractivity contribution >= 4 is 0 Å². The quantitative estimate of drug-likeness (QED) is 0.662. The van der Waals surface area contributed by atoms with Gasteiger partial charge in [0.05, 0.1) is 0 Å². The number of hydrogen-bond donors (Lipinski definition) is 0. The summed E-state index contributed by atoms with van der Waals surface area (Å²) in [7, 11) is 0.